The highest BCUT2D eigenvalue weighted by atomic mass is 16.6. The lowest BCUT2D eigenvalue weighted by molar-refractivity contribution is -0.167. The first-order chi connectivity index (χ1) is 40.0. The van der Waals surface area contributed by atoms with Gasteiger partial charge in [0.25, 0.3) is 0 Å². The zero-order valence-corrected chi connectivity index (χ0v) is 52.5. The molecule has 0 aliphatic rings. The highest BCUT2D eigenvalue weighted by Gasteiger charge is 2.19. The van der Waals surface area contributed by atoms with E-state index in [9.17, 15) is 14.4 Å². The fraction of sp³-hybridized carbons (Fsp3) is 0.640. The molecule has 0 radical (unpaired) electrons. The van der Waals surface area contributed by atoms with Crippen molar-refractivity contribution in [2.24, 2.45) is 0 Å². The van der Waals surface area contributed by atoms with Crippen LogP contribution in [0.2, 0.25) is 0 Å². The van der Waals surface area contributed by atoms with Crippen molar-refractivity contribution in [2.45, 2.75) is 297 Å². The van der Waals surface area contributed by atoms with Gasteiger partial charge in [-0.15, -0.1) is 0 Å². The Morgan fingerprint density at radius 1 is 0.259 bits per heavy atom. The number of rotatable bonds is 59. The molecule has 0 aromatic rings. The predicted molar refractivity (Wildman–Crippen MR) is 352 cm³/mol. The average molecular weight is 1120 g/mol. The van der Waals surface area contributed by atoms with Crippen molar-refractivity contribution in [3.05, 3.63) is 146 Å². The minimum atomic E-state index is -0.807. The monoisotopic (exact) mass is 1120 g/mol. The van der Waals surface area contributed by atoms with E-state index < -0.39 is 6.10 Å². The Hall–Kier alpha value is -4.71. The molecule has 458 valence electrons. The van der Waals surface area contributed by atoms with Crippen molar-refractivity contribution in [3.8, 4) is 0 Å². The minimum Gasteiger partial charge on any atom is -0.462 e. The van der Waals surface area contributed by atoms with Gasteiger partial charge in [-0.25, -0.2) is 0 Å². The molecule has 0 aromatic carbocycles. The van der Waals surface area contributed by atoms with Crippen LogP contribution in [-0.4, -0.2) is 37.2 Å². The molecule has 0 rings (SSSR count). The lowest BCUT2D eigenvalue weighted by Gasteiger charge is -2.18. The van der Waals surface area contributed by atoms with E-state index in [4.69, 9.17) is 14.2 Å². The van der Waals surface area contributed by atoms with Crippen LogP contribution in [0.3, 0.4) is 0 Å². The molecule has 0 saturated heterocycles. The van der Waals surface area contributed by atoms with E-state index in [1.54, 1.807) is 0 Å². The lowest BCUT2D eigenvalue weighted by atomic mass is 10.1. The fourth-order valence-electron chi connectivity index (χ4n) is 8.80. The summed E-state index contributed by atoms with van der Waals surface area (Å²) in [6, 6.07) is 0. The van der Waals surface area contributed by atoms with E-state index in [0.29, 0.717) is 19.3 Å². The van der Waals surface area contributed by atoms with E-state index in [2.05, 4.69) is 167 Å². The van der Waals surface area contributed by atoms with E-state index in [-0.39, 0.29) is 31.1 Å². The molecule has 0 bridgehead atoms. The van der Waals surface area contributed by atoms with Crippen LogP contribution in [0.15, 0.2) is 146 Å². The van der Waals surface area contributed by atoms with E-state index in [1.165, 1.54) is 103 Å². The molecule has 0 heterocycles. The Morgan fingerprint density at radius 2 is 0.494 bits per heavy atom. The molecular weight excluding hydrogens is 997 g/mol. The third-order valence-electron chi connectivity index (χ3n) is 13.8. The Balaban J connectivity index is 4.42. The van der Waals surface area contributed by atoms with Crippen LogP contribution in [-0.2, 0) is 28.6 Å². The largest absolute Gasteiger partial charge is 0.462 e. The molecule has 6 nitrogen and oxygen atoms in total. The SMILES string of the molecule is CC/C=C\C/C=C\C/C=C\C/C=C\C/C=C\C/C=C\C/C=C\C/C=C\C/C=C\CCCCCC(=O)OCC(COC(=O)CCCCCCC/C=C\C/C=C\CCCC)OC(=O)CCCCCCCCC/C=C\CCCCCCCCC. The van der Waals surface area contributed by atoms with Crippen molar-refractivity contribution >= 4 is 17.9 Å². The van der Waals surface area contributed by atoms with Crippen molar-refractivity contribution in [1.82, 2.24) is 0 Å². The molecule has 0 aliphatic heterocycles. The van der Waals surface area contributed by atoms with E-state index in [1.807, 2.05) is 0 Å². The molecule has 0 N–H and O–H groups in total. The average Bonchev–Trinajstić information content (AvgIpc) is 3.47. The molecule has 1 unspecified atom stereocenters. The van der Waals surface area contributed by atoms with Gasteiger partial charge in [-0.3, -0.25) is 14.4 Å². The Bertz CT molecular complexity index is 1760. The van der Waals surface area contributed by atoms with Crippen LogP contribution in [0, 0.1) is 0 Å². The Labute approximate surface area is 499 Å². The maximum atomic E-state index is 12.9. The van der Waals surface area contributed by atoms with Gasteiger partial charge in [-0.2, -0.15) is 0 Å². The van der Waals surface area contributed by atoms with Gasteiger partial charge in [0, 0.05) is 19.3 Å². The van der Waals surface area contributed by atoms with Gasteiger partial charge in [0.15, 0.2) is 6.10 Å². The number of ether oxygens (including phenoxy) is 3. The fourth-order valence-corrected chi connectivity index (χ4v) is 8.80. The van der Waals surface area contributed by atoms with Crippen LogP contribution >= 0.6 is 0 Å². The zero-order chi connectivity index (χ0) is 58.5. The first-order valence-electron chi connectivity index (χ1n) is 33.3. The highest BCUT2D eigenvalue weighted by Crippen LogP contribution is 2.15. The first kappa shape index (κ1) is 76.3. The van der Waals surface area contributed by atoms with E-state index in [0.717, 1.165) is 148 Å². The van der Waals surface area contributed by atoms with Gasteiger partial charge >= 0.3 is 17.9 Å². The lowest BCUT2D eigenvalue weighted by Crippen LogP contribution is -2.30. The first-order valence-corrected chi connectivity index (χ1v) is 33.3. The maximum Gasteiger partial charge on any atom is 0.306 e. The molecule has 0 fully saturated rings. The summed E-state index contributed by atoms with van der Waals surface area (Å²) in [5, 5.41) is 0. The van der Waals surface area contributed by atoms with E-state index >= 15 is 0 Å². The van der Waals surface area contributed by atoms with Gasteiger partial charge in [-0.05, 0) is 141 Å². The molecule has 81 heavy (non-hydrogen) atoms. The number of carbonyl (C=O) groups is 3. The Morgan fingerprint density at radius 3 is 0.815 bits per heavy atom. The van der Waals surface area contributed by atoms with Crippen molar-refractivity contribution in [3.63, 3.8) is 0 Å². The summed E-state index contributed by atoms with van der Waals surface area (Å²) in [7, 11) is 0. The molecule has 0 aromatic heterocycles. The second-order valence-electron chi connectivity index (χ2n) is 21.6. The number of hydrogen-bond donors (Lipinski definition) is 0. The van der Waals surface area contributed by atoms with Crippen LogP contribution in [0.5, 0.6) is 0 Å². The summed E-state index contributed by atoms with van der Waals surface area (Å²) in [6.07, 6.45) is 97.1. The number of carbonyl (C=O) groups excluding carboxylic acids is 3. The van der Waals surface area contributed by atoms with Gasteiger partial charge in [-0.1, -0.05) is 276 Å². The minimum absolute atomic E-state index is 0.102. The zero-order valence-electron chi connectivity index (χ0n) is 52.5. The van der Waals surface area contributed by atoms with Crippen molar-refractivity contribution in [1.29, 1.82) is 0 Å². The molecule has 0 spiro atoms. The van der Waals surface area contributed by atoms with Crippen LogP contribution in [0.1, 0.15) is 290 Å². The molecular formula is C75H122O6. The van der Waals surface area contributed by atoms with Gasteiger partial charge in [0.1, 0.15) is 13.2 Å². The molecule has 1 atom stereocenters. The highest BCUT2D eigenvalue weighted by molar-refractivity contribution is 5.71. The van der Waals surface area contributed by atoms with Crippen LogP contribution < -0.4 is 0 Å². The third kappa shape index (κ3) is 66.0. The normalized spacial score (nSPS) is 13.1. The van der Waals surface area contributed by atoms with Gasteiger partial charge < -0.3 is 14.2 Å². The number of unbranched alkanes of at least 4 members (excludes halogenated alkanes) is 24. The summed E-state index contributed by atoms with van der Waals surface area (Å²) in [5.41, 5.74) is 0. The predicted octanol–water partition coefficient (Wildman–Crippen LogP) is 23.1. The summed E-state index contributed by atoms with van der Waals surface area (Å²) >= 11 is 0. The van der Waals surface area contributed by atoms with Crippen molar-refractivity contribution < 1.29 is 28.6 Å². The van der Waals surface area contributed by atoms with Gasteiger partial charge in [0.05, 0.1) is 0 Å². The Kier molecular flexibility index (Phi) is 63.9. The van der Waals surface area contributed by atoms with Gasteiger partial charge in [0.2, 0.25) is 0 Å². The number of hydrogen-bond acceptors (Lipinski definition) is 6. The topological polar surface area (TPSA) is 78.9 Å². The quantitative estimate of drug-likeness (QED) is 0.0261. The number of esters is 3. The summed E-state index contributed by atoms with van der Waals surface area (Å²) in [6.45, 7) is 6.45. The molecule has 6 heteroatoms. The van der Waals surface area contributed by atoms with Crippen LogP contribution in [0.4, 0.5) is 0 Å². The smallest absolute Gasteiger partial charge is 0.306 e. The summed E-state index contributed by atoms with van der Waals surface area (Å²) in [5.74, 6) is -0.951. The maximum absolute atomic E-state index is 12.9. The molecule has 0 amide bonds. The molecule has 0 saturated carbocycles. The van der Waals surface area contributed by atoms with Crippen molar-refractivity contribution in [2.75, 3.05) is 13.2 Å². The van der Waals surface area contributed by atoms with Crippen LogP contribution in [0.25, 0.3) is 0 Å². The number of allylic oxidation sites excluding steroid dienone is 24. The second kappa shape index (κ2) is 67.8. The second-order valence-corrected chi connectivity index (χ2v) is 21.6. The molecule has 0 aliphatic carbocycles. The summed E-state index contributed by atoms with van der Waals surface area (Å²) < 4.78 is 16.9. The summed E-state index contributed by atoms with van der Waals surface area (Å²) in [4.78, 5) is 38.3. The third-order valence-corrected chi connectivity index (χ3v) is 13.8. The standard InChI is InChI=1S/C75H122O6/c1-4-7-10-13-16-19-22-25-28-30-32-33-34-35-36-37-38-39-40-41-42-43-44-46-47-50-53-56-59-62-65-68-74(77)80-71-72(70-79-73(76)67-64-61-58-55-52-49-27-24-21-18-15-12-9-6-3)81-75(78)69-66-63-60-57-54-51-48-45-31-29-26-23-20-17-14-11-8-5-2/h7,10,15-16,18-19,24-25,27-29,31-33,35-36,38-39,41-42,44,46,50,53,72H,4-6,8-9,11-14,17,20-23,26,30,34,37,40,43,45,47-49,51-52,54-71H2,1-3H3/b10-7-,18-15-,19-16-,27-24-,28-25-,31-29-,33-32-,36-35-,39-38-,42-41-,46-44-,53-50-.